The molecule has 3 rings (SSSR count). The third kappa shape index (κ3) is 5.92. The van der Waals surface area contributed by atoms with Crippen molar-refractivity contribution in [1.29, 1.82) is 0 Å². The third-order valence-corrected chi connectivity index (χ3v) is 5.28. The van der Waals surface area contributed by atoms with Crippen LogP contribution in [0.2, 0.25) is 0 Å². The summed E-state index contributed by atoms with van der Waals surface area (Å²) < 4.78 is 38.0. The van der Waals surface area contributed by atoms with Crippen LogP contribution in [-0.2, 0) is 42.2 Å². The first-order valence-corrected chi connectivity index (χ1v) is 8.88. The maximum atomic E-state index is 13.3. The van der Waals surface area contributed by atoms with E-state index in [0.717, 1.165) is 5.92 Å². The second-order valence-corrected chi connectivity index (χ2v) is 6.95. The van der Waals surface area contributed by atoms with Gasteiger partial charge in [0.25, 0.3) is 0 Å². The van der Waals surface area contributed by atoms with Crippen molar-refractivity contribution in [3.05, 3.63) is 47.5 Å². The van der Waals surface area contributed by atoms with Gasteiger partial charge in [-0.1, -0.05) is 17.7 Å². The molecule has 0 aromatic heterocycles. The van der Waals surface area contributed by atoms with Crippen molar-refractivity contribution < 1.29 is 51.0 Å². The zero-order chi connectivity index (χ0) is 16.9. The van der Waals surface area contributed by atoms with Gasteiger partial charge in [0.05, 0.1) is 13.2 Å². The maximum Gasteiger partial charge on any atom is 3.00 e. The maximum absolute atomic E-state index is 13.3. The first kappa shape index (κ1) is 21.1. The number of ether oxygens (including phenoxy) is 2. The number of hydrogen-bond acceptors (Lipinski definition) is 2. The largest absolute Gasteiger partial charge is 3.00 e. The van der Waals surface area contributed by atoms with Gasteiger partial charge in [-0.05, 0) is 50.9 Å². The van der Waals surface area contributed by atoms with E-state index in [4.69, 9.17) is 9.47 Å². The van der Waals surface area contributed by atoms with E-state index in [9.17, 15) is 8.78 Å². The molecule has 132 valence electrons. The minimum Gasteiger partial charge on any atom is -0.350 e. The van der Waals surface area contributed by atoms with E-state index in [1.165, 1.54) is 44.2 Å². The van der Waals surface area contributed by atoms with Crippen molar-refractivity contribution in [2.45, 2.75) is 45.3 Å². The molecule has 5 heteroatoms. The summed E-state index contributed by atoms with van der Waals surface area (Å²) in [5, 5.41) is 0. The van der Waals surface area contributed by atoms with Crippen LogP contribution < -0.4 is 0 Å². The van der Waals surface area contributed by atoms with Crippen molar-refractivity contribution in [2.24, 2.45) is 17.8 Å². The molecule has 0 radical (unpaired) electrons. The van der Waals surface area contributed by atoms with Crippen LogP contribution in [0.5, 0.6) is 0 Å². The molecular formula is C20H25F2O2Y+2. The summed E-state index contributed by atoms with van der Waals surface area (Å²) in [4.78, 5) is 0. The van der Waals surface area contributed by atoms with Gasteiger partial charge < -0.3 is 9.47 Å². The fourth-order valence-corrected chi connectivity index (χ4v) is 3.86. The fraction of sp³-hybridized carbons (Fsp3) is 0.600. The zero-order valence-corrected chi connectivity index (χ0v) is 17.6. The van der Waals surface area contributed by atoms with Crippen LogP contribution in [0.15, 0.2) is 24.3 Å². The van der Waals surface area contributed by atoms with Crippen molar-refractivity contribution in [3.8, 4) is 0 Å². The average Bonchev–Trinajstić information content (AvgIpc) is 2.60. The van der Waals surface area contributed by atoms with Crippen LogP contribution in [-0.4, -0.2) is 13.2 Å². The standard InChI is InChI=1S/C20H25F2O2.Y/c1-2-3-4-14-5-7-15(8-6-14)17-12-23-20(24-13-17)16-9-18(21)11-19(22)10-16;/h2-3,9-10,14-15,17,20H,4-8,12-13H2,1H3;/q-1;+3/b3-2+;. The average molecular weight is 424 g/mol. The van der Waals surface area contributed by atoms with Gasteiger partial charge in [-0.15, -0.1) is 18.2 Å². The van der Waals surface area contributed by atoms with Gasteiger partial charge in [-0.2, -0.15) is 0 Å². The van der Waals surface area contributed by atoms with Crippen molar-refractivity contribution in [3.63, 3.8) is 0 Å². The van der Waals surface area contributed by atoms with Gasteiger partial charge >= 0.3 is 32.7 Å². The third-order valence-electron chi connectivity index (χ3n) is 5.28. The van der Waals surface area contributed by atoms with E-state index in [0.29, 0.717) is 30.6 Å². The Bertz CT molecular complexity index is 543. The summed E-state index contributed by atoms with van der Waals surface area (Å²) in [6, 6.07) is 4.42. The molecule has 2 fully saturated rings. The Morgan fingerprint density at radius 3 is 2.20 bits per heavy atom. The quantitative estimate of drug-likeness (QED) is 0.489. The number of allylic oxidation sites excluding steroid dienone is 2. The van der Waals surface area contributed by atoms with Gasteiger partial charge in [-0.3, -0.25) is 0 Å². The molecule has 0 bridgehead atoms. The Morgan fingerprint density at radius 1 is 1.04 bits per heavy atom. The Labute approximate surface area is 174 Å². The predicted molar refractivity (Wildman–Crippen MR) is 88.2 cm³/mol. The summed E-state index contributed by atoms with van der Waals surface area (Å²) in [5.74, 6) is 0.374. The first-order valence-electron chi connectivity index (χ1n) is 8.88. The molecule has 25 heavy (non-hydrogen) atoms. The molecule has 1 heterocycles. The number of rotatable bonds is 4. The molecule has 1 aliphatic carbocycles. The Hall–Kier alpha value is -0.156. The summed E-state index contributed by atoms with van der Waals surface area (Å²) in [7, 11) is 0. The molecule has 1 aromatic rings. The topological polar surface area (TPSA) is 18.5 Å². The Kier molecular flexibility index (Phi) is 8.67. The summed E-state index contributed by atoms with van der Waals surface area (Å²) in [6.45, 7) is 3.26. The van der Waals surface area contributed by atoms with Crippen molar-refractivity contribution in [2.75, 3.05) is 13.2 Å². The van der Waals surface area contributed by atoms with Gasteiger partial charge in [-0.25, -0.2) is 8.78 Å². The normalized spacial score (nSPS) is 30.2. The van der Waals surface area contributed by atoms with Gasteiger partial charge in [0.1, 0.15) is 0 Å². The van der Waals surface area contributed by atoms with E-state index in [1.807, 2.05) is 6.07 Å². The molecule has 2 aliphatic rings. The van der Waals surface area contributed by atoms with Crippen LogP contribution in [0, 0.1) is 35.5 Å². The first-order chi connectivity index (χ1) is 11.7. The molecule has 1 aliphatic heterocycles. The van der Waals surface area contributed by atoms with Crippen LogP contribution in [0.1, 0.15) is 50.9 Å². The van der Waals surface area contributed by atoms with E-state index < -0.39 is 17.9 Å². The van der Waals surface area contributed by atoms with E-state index >= 15 is 0 Å². The van der Waals surface area contributed by atoms with Crippen LogP contribution >= 0.6 is 0 Å². The monoisotopic (exact) mass is 424 g/mol. The molecule has 1 aromatic carbocycles. The van der Waals surface area contributed by atoms with Crippen molar-refractivity contribution in [1.82, 2.24) is 0 Å². The molecule has 0 unspecified atom stereocenters. The second-order valence-electron chi connectivity index (χ2n) is 6.95. The SMILES string of the molecule is C/C=C/CC1CCC(C2COC(c3cc(F)[c-]c(F)c3)OC2)CC1.[Y+3]. The molecule has 2 nitrogen and oxygen atoms in total. The zero-order valence-electron chi connectivity index (χ0n) is 14.7. The molecular weight excluding hydrogens is 399 g/mol. The molecule has 0 amide bonds. The minimum absolute atomic E-state index is 0. The molecule has 1 saturated carbocycles. The molecule has 0 spiro atoms. The smallest absolute Gasteiger partial charge is 0.350 e. The van der Waals surface area contributed by atoms with Crippen molar-refractivity contribution >= 4 is 0 Å². The second kappa shape index (κ2) is 10.2. The number of benzene rings is 1. The fourth-order valence-electron chi connectivity index (χ4n) is 3.86. The van der Waals surface area contributed by atoms with Crippen LogP contribution in [0.4, 0.5) is 8.78 Å². The van der Waals surface area contributed by atoms with Gasteiger partial charge in [0, 0.05) is 17.6 Å². The summed E-state index contributed by atoms with van der Waals surface area (Å²) >= 11 is 0. The molecule has 1 saturated heterocycles. The van der Waals surface area contributed by atoms with Crippen LogP contribution in [0.3, 0.4) is 0 Å². The Balaban J connectivity index is 0.00000225. The van der Waals surface area contributed by atoms with Crippen LogP contribution in [0.25, 0.3) is 0 Å². The molecule has 0 atom stereocenters. The van der Waals surface area contributed by atoms with Gasteiger partial charge in [0.2, 0.25) is 0 Å². The molecule has 0 N–H and O–H groups in total. The predicted octanol–water partition coefficient (Wildman–Crippen LogP) is 5.20. The summed E-state index contributed by atoms with van der Waals surface area (Å²) in [6.07, 6.45) is 9.86. The summed E-state index contributed by atoms with van der Waals surface area (Å²) in [5.41, 5.74) is 0.386. The van der Waals surface area contributed by atoms with E-state index in [2.05, 4.69) is 19.1 Å². The van der Waals surface area contributed by atoms with E-state index in [-0.39, 0.29) is 32.7 Å². The number of halogens is 2. The van der Waals surface area contributed by atoms with E-state index in [1.54, 1.807) is 0 Å². The number of hydrogen-bond donors (Lipinski definition) is 0. The minimum atomic E-state index is -0.723. The van der Waals surface area contributed by atoms with Gasteiger partial charge in [0.15, 0.2) is 6.29 Å². The Morgan fingerprint density at radius 2 is 1.64 bits per heavy atom.